The van der Waals surface area contributed by atoms with Gasteiger partial charge < -0.3 is 16.6 Å². The van der Waals surface area contributed by atoms with Gasteiger partial charge in [0.05, 0.1) is 22.9 Å². The minimum atomic E-state index is -0.598. The Morgan fingerprint density at radius 3 is 2.54 bits per heavy atom. The number of nitrogens with two attached hydrogens (primary N) is 2. The Balaban J connectivity index is 2.97. The molecule has 0 fully saturated rings. The van der Waals surface area contributed by atoms with E-state index in [2.05, 4.69) is 0 Å². The molecule has 0 amide bonds. The summed E-state index contributed by atoms with van der Waals surface area (Å²) < 4.78 is 0. The average Bonchev–Trinajstić information content (AvgIpc) is 2.08. The summed E-state index contributed by atoms with van der Waals surface area (Å²) in [6.07, 6.45) is -0.598. The fourth-order valence-corrected chi connectivity index (χ4v) is 1.22. The van der Waals surface area contributed by atoms with Crippen LogP contribution in [0.1, 0.15) is 18.5 Å². The standard InChI is InChI=1S/C9H13ClN2O/c1-5(13)9(12)6-2-3-8(11)7(10)4-6/h2-5,9,13H,11-12H2,1H3/t5-,9-/m0/s1. The zero-order chi connectivity index (χ0) is 10.0. The lowest BCUT2D eigenvalue weighted by Crippen LogP contribution is -2.23. The maximum absolute atomic E-state index is 9.24. The number of aliphatic hydroxyl groups excluding tert-OH is 1. The third kappa shape index (κ3) is 2.34. The van der Waals surface area contributed by atoms with E-state index < -0.39 is 12.1 Å². The van der Waals surface area contributed by atoms with Crippen LogP contribution >= 0.6 is 11.6 Å². The van der Waals surface area contributed by atoms with Crippen molar-refractivity contribution < 1.29 is 5.11 Å². The third-order valence-corrected chi connectivity index (χ3v) is 2.26. The Labute approximate surface area is 82.3 Å². The molecule has 1 aromatic rings. The van der Waals surface area contributed by atoms with Gasteiger partial charge in [-0.2, -0.15) is 0 Å². The second-order valence-electron chi connectivity index (χ2n) is 3.05. The number of nitrogen functional groups attached to an aromatic ring is 1. The van der Waals surface area contributed by atoms with Gasteiger partial charge in [0.25, 0.3) is 0 Å². The maximum Gasteiger partial charge on any atom is 0.0704 e. The molecule has 0 saturated carbocycles. The highest BCUT2D eigenvalue weighted by Gasteiger charge is 2.12. The number of halogens is 1. The topological polar surface area (TPSA) is 72.3 Å². The first kappa shape index (κ1) is 10.3. The summed E-state index contributed by atoms with van der Waals surface area (Å²) in [7, 11) is 0. The number of anilines is 1. The summed E-state index contributed by atoms with van der Waals surface area (Å²) in [6, 6.07) is 4.70. The van der Waals surface area contributed by atoms with Crippen molar-refractivity contribution in [2.45, 2.75) is 19.1 Å². The summed E-state index contributed by atoms with van der Waals surface area (Å²) in [6.45, 7) is 1.63. The molecular weight excluding hydrogens is 188 g/mol. The van der Waals surface area contributed by atoms with E-state index in [1.807, 2.05) is 0 Å². The molecule has 1 aromatic carbocycles. The van der Waals surface area contributed by atoms with Crippen molar-refractivity contribution in [2.24, 2.45) is 5.73 Å². The van der Waals surface area contributed by atoms with Crippen LogP contribution in [0.15, 0.2) is 18.2 Å². The van der Waals surface area contributed by atoms with E-state index >= 15 is 0 Å². The molecule has 0 spiro atoms. The van der Waals surface area contributed by atoms with E-state index in [0.29, 0.717) is 10.7 Å². The molecule has 5 N–H and O–H groups in total. The van der Waals surface area contributed by atoms with Crippen molar-refractivity contribution in [2.75, 3.05) is 5.73 Å². The predicted molar refractivity (Wildman–Crippen MR) is 54.5 cm³/mol. The first-order chi connectivity index (χ1) is 6.02. The zero-order valence-electron chi connectivity index (χ0n) is 7.37. The average molecular weight is 201 g/mol. The van der Waals surface area contributed by atoms with E-state index in [1.165, 1.54) is 0 Å². The summed E-state index contributed by atoms with van der Waals surface area (Å²) in [4.78, 5) is 0. The molecule has 13 heavy (non-hydrogen) atoms. The van der Waals surface area contributed by atoms with Crippen LogP contribution in [-0.4, -0.2) is 11.2 Å². The third-order valence-electron chi connectivity index (χ3n) is 1.93. The number of aliphatic hydroxyl groups is 1. The highest BCUT2D eigenvalue weighted by molar-refractivity contribution is 6.33. The molecule has 0 aromatic heterocycles. The van der Waals surface area contributed by atoms with Gasteiger partial charge in [0, 0.05) is 0 Å². The van der Waals surface area contributed by atoms with Crippen molar-refractivity contribution in [3.63, 3.8) is 0 Å². The predicted octanol–water partition coefficient (Wildman–Crippen LogP) is 1.30. The molecule has 72 valence electrons. The van der Waals surface area contributed by atoms with Crippen molar-refractivity contribution in [1.82, 2.24) is 0 Å². The Morgan fingerprint density at radius 1 is 1.46 bits per heavy atom. The van der Waals surface area contributed by atoms with E-state index in [0.717, 1.165) is 5.56 Å². The summed E-state index contributed by atoms with van der Waals surface area (Å²) >= 11 is 5.80. The normalized spacial score (nSPS) is 15.4. The molecule has 4 heteroatoms. The molecule has 0 saturated heterocycles. The molecule has 0 bridgehead atoms. The largest absolute Gasteiger partial charge is 0.398 e. The summed E-state index contributed by atoms with van der Waals surface area (Å²) in [5.74, 6) is 0. The molecule has 0 unspecified atom stereocenters. The molecule has 2 atom stereocenters. The van der Waals surface area contributed by atoms with Crippen molar-refractivity contribution in [3.8, 4) is 0 Å². The molecule has 0 aliphatic rings. The van der Waals surface area contributed by atoms with E-state index in [-0.39, 0.29) is 0 Å². The molecule has 1 rings (SSSR count). The van der Waals surface area contributed by atoms with Crippen molar-refractivity contribution in [1.29, 1.82) is 0 Å². The van der Waals surface area contributed by atoms with Gasteiger partial charge >= 0.3 is 0 Å². The monoisotopic (exact) mass is 200 g/mol. The quantitative estimate of drug-likeness (QED) is 0.631. The first-order valence-electron chi connectivity index (χ1n) is 4.01. The second kappa shape index (κ2) is 3.96. The van der Waals surface area contributed by atoms with Crippen LogP contribution in [-0.2, 0) is 0 Å². The number of hydrogen-bond acceptors (Lipinski definition) is 3. The molecule has 0 radical (unpaired) electrons. The Hall–Kier alpha value is -0.770. The fourth-order valence-electron chi connectivity index (χ4n) is 1.03. The maximum atomic E-state index is 9.24. The Bertz CT molecular complexity index is 302. The van der Waals surface area contributed by atoms with E-state index in [1.54, 1.807) is 25.1 Å². The highest BCUT2D eigenvalue weighted by Crippen LogP contribution is 2.23. The van der Waals surface area contributed by atoms with Gasteiger partial charge in [-0.05, 0) is 24.6 Å². The van der Waals surface area contributed by atoms with Crippen LogP contribution in [0.4, 0.5) is 5.69 Å². The smallest absolute Gasteiger partial charge is 0.0704 e. The second-order valence-corrected chi connectivity index (χ2v) is 3.45. The molecule has 0 aliphatic carbocycles. The molecule has 3 nitrogen and oxygen atoms in total. The van der Waals surface area contributed by atoms with Crippen LogP contribution in [0.3, 0.4) is 0 Å². The first-order valence-corrected chi connectivity index (χ1v) is 4.38. The van der Waals surface area contributed by atoms with Gasteiger partial charge in [0.2, 0.25) is 0 Å². The van der Waals surface area contributed by atoms with Gasteiger partial charge in [0.1, 0.15) is 0 Å². The van der Waals surface area contributed by atoms with Gasteiger partial charge in [-0.25, -0.2) is 0 Å². The lowest BCUT2D eigenvalue weighted by Gasteiger charge is -2.15. The van der Waals surface area contributed by atoms with Crippen LogP contribution < -0.4 is 11.5 Å². The van der Waals surface area contributed by atoms with Crippen LogP contribution in [0.2, 0.25) is 5.02 Å². The number of benzene rings is 1. The number of hydrogen-bond donors (Lipinski definition) is 3. The SMILES string of the molecule is C[C@H](O)[C@H](N)c1ccc(N)c(Cl)c1. The van der Waals surface area contributed by atoms with Crippen LogP contribution in [0.5, 0.6) is 0 Å². The lowest BCUT2D eigenvalue weighted by atomic mass is 10.0. The van der Waals surface area contributed by atoms with E-state index in [9.17, 15) is 5.11 Å². The molecule has 0 heterocycles. The Kier molecular flexibility index (Phi) is 3.14. The van der Waals surface area contributed by atoms with Gasteiger partial charge in [0.15, 0.2) is 0 Å². The summed E-state index contributed by atoms with van der Waals surface area (Å²) in [5.41, 5.74) is 12.5. The minimum Gasteiger partial charge on any atom is -0.398 e. The van der Waals surface area contributed by atoms with Gasteiger partial charge in [-0.15, -0.1) is 0 Å². The fraction of sp³-hybridized carbons (Fsp3) is 0.333. The van der Waals surface area contributed by atoms with Crippen LogP contribution in [0, 0.1) is 0 Å². The minimum absolute atomic E-state index is 0.418. The molecule has 0 aliphatic heterocycles. The van der Waals surface area contributed by atoms with Gasteiger partial charge in [-0.1, -0.05) is 17.7 Å². The number of rotatable bonds is 2. The summed E-state index contributed by atoms with van der Waals surface area (Å²) in [5, 5.41) is 9.70. The van der Waals surface area contributed by atoms with Crippen LogP contribution in [0.25, 0.3) is 0 Å². The van der Waals surface area contributed by atoms with Crippen molar-refractivity contribution in [3.05, 3.63) is 28.8 Å². The zero-order valence-corrected chi connectivity index (χ0v) is 8.12. The lowest BCUT2D eigenvalue weighted by molar-refractivity contribution is 0.164. The highest BCUT2D eigenvalue weighted by atomic mass is 35.5. The molecular formula is C9H13ClN2O. The van der Waals surface area contributed by atoms with E-state index in [4.69, 9.17) is 23.1 Å². The van der Waals surface area contributed by atoms with Crippen molar-refractivity contribution >= 4 is 17.3 Å². The van der Waals surface area contributed by atoms with Gasteiger partial charge in [-0.3, -0.25) is 0 Å². The Morgan fingerprint density at radius 2 is 2.08 bits per heavy atom.